The highest BCUT2D eigenvalue weighted by Gasteiger charge is 2.47. The van der Waals surface area contributed by atoms with Crippen molar-refractivity contribution in [2.45, 2.75) is 49.9 Å². The fraction of sp³-hybridized carbons (Fsp3) is 0.321. The number of likely N-dealkylation sites (tertiary alicyclic amines) is 1. The lowest BCUT2D eigenvalue weighted by Crippen LogP contribution is -2.41. The Hall–Kier alpha value is -4.19. The average Bonchev–Trinajstić information content (AvgIpc) is 3.39. The molecule has 4 heterocycles. The van der Waals surface area contributed by atoms with Crippen molar-refractivity contribution in [1.82, 2.24) is 24.5 Å². The lowest BCUT2D eigenvalue weighted by atomic mass is 9.44. The van der Waals surface area contributed by atoms with Crippen molar-refractivity contribution in [1.29, 1.82) is 5.26 Å². The molecule has 37 heavy (non-hydrogen) atoms. The van der Waals surface area contributed by atoms with Crippen LogP contribution in [0.5, 0.6) is 0 Å². The molecule has 3 aromatic rings. The van der Waals surface area contributed by atoms with Gasteiger partial charge in [0.2, 0.25) is 0 Å². The first-order valence-electron chi connectivity index (χ1n) is 12.5. The standard InChI is InChI=1S/C28H26BN6O2/c1-4-6-19-23(16(2)36)20-12-22(34(3)26(19)37)25-24(20)21-11-17(7-10-35(21)33-25)18-13-31-27(32-14-18)28(29-15-30)8-5-9-28/h4,6-7,10-11,13-14,20,22,36H,1,5,8-9,12H2,2-3H3/b19-6+,23-16-. The molecule has 2 unspecified atom stereocenters. The second kappa shape index (κ2) is 8.44. The topological polar surface area (TPSA) is 107 Å². The normalized spacial score (nSPS) is 24.3. The highest BCUT2D eigenvalue weighted by Crippen LogP contribution is 2.53. The summed E-state index contributed by atoms with van der Waals surface area (Å²) in [7, 11) is 3.46. The third kappa shape index (κ3) is 3.35. The molecular formula is C28H26BN6O2. The number of aromatic nitrogens is 4. The van der Waals surface area contributed by atoms with E-state index in [0.29, 0.717) is 23.4 Å². The van der Waals surface area contributed by atoms with Gasteiger partial charge in [-0.25, -0.2) is 19.7 Å². The average molecular weight is 489 g/mol. The Labute approximate surface area is 215 Å². The van der Waals surface area contributed by atoms with E-state index in [4.69, 9.17) is 5.10 Å². The lowest BCUT2D eigenvalue weighted by Gasteiger charge is -2.37. The molecule has 2 bridgehead atoms. The Kier molecular flexibility index (Phi) is 5.30. The summed E-state index contributed by atoms with van der Waals surface area (Å²) in [6.45, 7) is 5.40. The number of fused-ring (bicyclic) bond motifs is 7. The summed E-state index contributed by atoms with van der Waals surface area (Å²) in [5.74, 6) is 2.69. The van der Waals surface area contributed by atoms with Crippen LogP contribution in [0.15, 0.2) is 66.4 Å². The number of hydrogen-bond donors (Lipinski definition) is 1. The van der Waals surface area contributed by atoms with Crippen molar-refractivity contribution in [2.75, 3.05) is 7.05 Å². The second-order valence-corrected chi connectivity index (χ2v) is 10.2. The Balaban J connectivity index is 1.46. The molecule has 1 radical (unpaired) electrons. The Morgan fingerprint density at radius 1 is 1.32 bits per heavy atom. The van der Waals surface area contributed by atoms with E-state index < -0.39 is 0 Å². The molecule has 3 aliphatic rings. The number of aliphatic hydroxyl groups excluding tert-OH is 1. The van der Waals surface area contributed by atoms with Crippen LogP contribution >= 0.6 is 0 Å². The third-order valence-electron chi connectivity index (χ3n) is 8.17. The molecule has 3 aromatic heterocycles. The molecule has 2 fully saturated rings. The van der Waals surface area contributed by atoms with Gasteiger partial charge in [-0.1, -0.05) is 19.1 Å². The molecular weight excluding hydrogens is 463 g/mol. The maximum Gasteiger partial charge on any atom is 0.269 e. The summed E-state index contributed by atoms with van der Waals surface area (Å²) in [5.41, 5.74) is 5.74. The molecule has 8 nitrogen and oxygen atoms in total. The Morgan fingerprint density at radius 3 is 2.70 bits per heavy atom. The summed E-state index contributed by atoms with van der Waals surface area (Å²) in [6, 6.07) is 3.87. The molecule has 9 heteroatoms. The second-order valence-electron chi connectivity index (χ2n) is 10.2. The zero-order valence-electron chi connectivity index (χ0n) is 20.8. The predicted molar refractivity (Wildman–Crippen MR) is 140 cm³/mol. The van der Waals surface area contributed by atoms with Gasteiger partial charge in [-0.15, -0.1) is 0 Å². The van der Waals surface area contributed by atoms with Gasteiger partial charge >= 0.3 is 0 Å². The van der Waals surface area contributed by atoms with Crippen molar-refractivity contribution >= 4 is 18.7 Å². The van der Waals surface area contributed by atoms with Gasteiger partial charge in [-0.3, -0.25) is 4.79 Å². The molecule has 1 saturated carbocycles. The number of nitrogens with zero attached hydrogens (tertiary/aromatic N) is 6. The van der Waals surface area contributed by atoms with Gasteiger partial charge in [0.05, 0.1) is 23.0 Å². The van der Waals surface area contributed by atoms with E-state index in [9.17, 15) is 15.2 Å². The van der Waals surface area contributed by atoms with Gasteiger partial charge in [0, 0.05) is 59.1 Å². The third-order valence-corrected chi connectivity index (χ3v) is 8.17. The van der Waals surface area contributed by atoms with Crippen molar-refractivity contribution < 1.29 is 9.90 Å². The van der Waals surface area contributed by atoms with E-state index in [1.165, 1.54) is 0 Å². The van der Waals surface area contributed by atoms with Crippen molar-refractivity contribution in [3.8, 4) is 17.1 Å². The van der Waals surface area contributed by atoms with E-state index >= 15 is 0 Å². The molecule has 6 rings (SSSR count). The van der Waals surface area contributed by atoms with Crippen LogP contribution in [0.2, 0.25) is 0 Å². The highest BCUT2D eigenvalue weighted by molar-refractivity contribution is 6.49. The van der Waals surface area contributed by atoms with Crippen molar-refractivity contribution in [3.63, 3.8) is 0 Å². The van der Waals surface area contributed by atoms with Gasteiger partial charge in [-0.05, 0) is 55.9 Å². The van der Waals surface area contributed by atoms with Gasteiger partial charge in [0.15, 0.2) is 0 Å². The van der Waals surface area contributed by atoms with Gasteiger partial charge < -0.3 is 10.0 Å². The lowest BCUT2D eigenvalue weighted by molar-refractivity contribution is -0.127. The molecule has 0 spiro atoms. The molecule has 1 amide bonds. The highest BCUT2D eigenvalue weighted by atomic mass is 16.3. The van der Waals surface area contributed by atoms with Gasteiger partial charge in [0.1, 0.15) is 5.82 Å². The van der Waals surface area contributed by atoms with Crippen molar-refractivity contribution in [2.24, 2.45) is 0 Å². The van der Waals surface area contributed by atoms with E-state index in [0.717, 1.165) is 47.2 Å². The summed E-state index contributed by atoms with van der Waals surface area (Å²) < 4.78 is 1.85. The fourth-order valence-corrected chi connectivity index (χ4v) is 6.13. The van der Waals surface area contributed by atoms with E-state index in [2.05, 4.69) is 28.6 Å². The number of hydrogen-bond acceptors (Lipinski definition) is 6. The van der Waals surface area contributed by atoms with Crippen LogP contribution in [-0.4, -0.2) is 49.8 Å². The minimum absolute atomic E-state index is 0.131. The largest absolute Gasteiger partial charge is 0.512 e. The molecule has 1 aliphatic heterocycles. The van der Waals surface area contributed by atoms with Crippen LogP contribution in [0, 0.1) is 11.2 Å². The molecule has 2 atom stereocenters. The zero-order valence-corrected chi connectivity index (χ0v) is 20.8. The van der Waals surface area contributed by atoms with Crippen LogP contribution in [0.25, 0.3) is 16.6 Å². The van der Waals surface area contributed by atoms with E-state index in [1.807, 2.05) is 29.2 Å². The Morgan fingerprint density at radius 2 is 2.08 bits per heavy atom. The smallest absolute Gasteiger partial charge is 0.269 e. The summed E-state index contributed by atoms with van der Waals surface area (Å²) >= 11 is 0. The molecule has 1 N–H and O–H groups in total. The van der Waals surface area contributed by atoms with Crippen LogP contribution in [0.3, 0.4) is 0 Å². The summed E-state index contributed by atoms with van der Waals surface area (Å²) in [5, 5.41) is 24.5. The number of likely N-dealkylation sites (N-methyl/N-ethyl adjacent to an activating group) is 1. The van der Waals surface area contributed by atoms with Crippen LogP contribution < -0.4 is 0 Å². The molecule has 183 valence electrons. The maximum absolute atomic E-state index is 13.3. The van der Waals surface area contributed by atoms with Crippen molar-refractivity contribution in [3.05, 3.63) is 83.4 Å². The van der Waals surface area contributed by atoms with Crippen LogP contribution in [-0.2, 0) is 10.1 Å². The monoisotopic (exact) mass is 489 g/mol. The number of carbonyl (C=O) groups is 1. The number of pyridine rings is 1. The predicted octanol–water partition coefficient (Wildman–Crippen LogP) is 4.30. The summed E-state index contributed by atoms with van der Waals surface area (Å²) in [4.78, 5) is 24.3. The molecule has 1 saturated heterocycles. The zero-order chi connectivity index (χ0) is 25.9. The van der Waals surface area contributed by atoms with E-state index in [1.54, 1.807) is 38.3 Å². The van der Waals surface area contributed by atoms with Crippen LogP contribution in [0.1, 0.15) is 61.6 Å². The van der Waals surface area contributed by atoms with Gasteiger partial charge in [-0.2, -0.15) is 5.10 Å². The van der Waals surface area contributed by atoms with E-state index in [-0.39, 0.29) is 28.9 Å². The first kappa shape index (κ1) is 23.2. The van der Waals surface area contributed by atoms with Gasteiger partial charge in [0.25, 0.3) is 13.2 Å². The number of nitriles is 1. The number of amides is 1. The quantitative estimate of drug-likeness (QED) is 0.333. The fourth-order valence-electron chi connectivity index (χ4n) is 6.13. The first-order chi connectivity index (χ1) is 17.9. The summed E-state index contributed by atoms with van der Waals surface area (Å²) in [6.07, 6.45) is 12.4. The molecule has 0 aromatic carbocycles. The minimum atomic E-state index is -0.329. The van der Waals surface area contributed by atoms with Crippen LogP contribution in [0.4, 0.5) is 0 Å². The minimum Gasteiger partial charge on any atom is -0.512 e. The Bertz CT molecular complexity index is 1550. The number of allylic oxidation sites excluding steroid dienone is 3. The number of carbonyl (C=O) groups excluding carboxylic acids is 1. The number of rotatable bonds is 4. The SMILES string of the molecule is C=C/C=C1/C(=O)N(C)C2CC(/C1=C(/C)O)c1c2nn2ccc(-c3cnc(C4([B]C#N)CCC4)nc3)cc12. The molecule has 2 aliphatic carbocycles. The maximum atomic E-state index is 13.3. The number of aliphatic hydroxyl groups is 1. The first-order valence-corrected chi connectivity index (χ1v) is 12.5.